The molecule has 1 aromatic heterocycles. The Hall–Kier alpha value is -2.33. The second-order valence-corrected chi connectivity index (χ2v) is 7.68. The molecule has 4 rings (SSSR count). The Morgan fingerprint density at radius 1 is 1.07 bits per heavy atom. The average Bonchev–Trinajstić information content (AvgIpc) is 3.07. The van der Waals surface area contributed by atoms with Crippen molar-refractivity contribution in [1.29, 1.82) is 0 Å². The number of ether oxygens (including phenoxy) is 1. The fourth-order valence-electron chi connectivity index (χ4n) is 4.05. The molecule has 0 spiro atoms. The highest BCUT2D eigenvalue weighted by atomic mass is 16.5. The molecule has 0 radical (unpaired) electrons. The minimum absolute atomic E-state index is 0.277. The van der Waals surface area contributed by atoms with Crippen LogP contribution in [-0.2, 0) is 6.54 Å². The summed E-state index contributed by atoms with van der Waals surface area (Å²) >= 11 is 0. The van der Waals surface area contributed by atoms with Crippen molar-refractivity contribution in [2.75, 3.05) is 6.61 Å². The zero-order valence-corrected chi connectivity index (χ0v) is 16.0. The number of imidazole rings is 1. The zero-order valence-electron chi connectivity index (χ0n) is 16.0. The summed E-state index contributed by atoms with van der Waals surface area (Å²) in [6, 6.07) is 16.2. The van der Waals surface area contributed by atoms with Crippen LogP contribution < -0.4 is 4.74 Å². The largest absolute Gasteiger partial charge is 0.491 e. The molecule has 1 atom stereocenters. The predicted octanol–water partition coefficient (Wildman–Crippen LogP) is 4.83. The Morgan fingerprint density at radius 3 is 2.59 bits per heavy atom. The average molecular weight is 364 g/mol. The van der Waals surface area contributed by atoms with E-state index in [0.717, 1.165) is 22.6 Å². The van der Waals surface area contributed by atoms with Crippen LogP contribution in [0.15, 0.2) is 48.5 Å². The Morgan fingerprint density at radius 2 is 1.81 bits per heavy atom. The summed E-state index contributed by atoms with van der Waals surface area (Å²) in [5, 5.41) is 10.6. The second-order valence-electron chi connectivity index (χ2n) is 7.68. The van der Waals surface area contributed by atoms with Gasteiger partial charge in [-0.2, -0.15) is 0 Å². The van der Waals surface area contributed by atoms with Crippen LogP contribution in [-0.4, -0.2) is 27.4 Å². The summed E-state index contributed by atoms with van der Waals surface area (Å²) in [5.41, 5.74) is 3.32. The summed E-state index contributed by atoms with van der Waals surface area (Å²) in [7, 11) is 0. The van der Waals surface area contributed by atoms with Crippen molar-refractivity contribution in [2.24, 2.45) is 0 Å². The Labute approximate surface area is 160 Å². The van der Waals surface area contributed by atoms with Crippen LogP contribution >= 0.6 is 0 Å². The number of aromatic nitrogens is 2. The first kappa shape index (κ1) is 18.1. The van der Waals surface area contributed by atoms with Crippen molar-refractivity contribution < 1.29 is 9.84 Å². The van der Waals surface area contributed by atoms with Crippen LogP contribution in [0.1, 0.15) is 49.4 Å². The number of hydrogen-bond donors (Lipinski definition) is 1. The van der Waals surface area contributed by atoms with E-state index in [1.54, 1.807) is 0 Å². The van der Waals surface area contributed by atoms with Gasteiger partial charge in [0.1, 0.15) is 24.3 Å². The molecule has 3 aromatic rings. The molecule has 0 saturated heterocycles. The highest BCUT2D eigenvalue weighted by molar-refractivity contribution is 5.76. The van der Waals surface area contributed by atoms with Gasteiger partial charge in [-0.25, -0.2) is 4.98 Å². The van der Waals surface area contributed by atoms with Gasteiger partial charge in [-0.15, -0.1) is 0 Å². The van der Waals surface area contributed by atoms with E-state index in [9.17, 15) is 5.11 Å². The van der Waals surface area contributed by atoms with Crippen molar-refractivity contribution >= 4 is 11.0 Å². The molecule has 1 aliphatic carbocycles. The van der Waals surface area contributed by atoms with Gasteiger partial charge >= 0.3 is 0 Å². The van der Waals surface area contributed by atoms with E-state index in [0.29, 0.717) is 12.5 Å². The van der Waals surface area contributed by atoms with Gasteiger partial charge in [0.2, 0.25) is 0 Å². The summed E-state index contributed by atoms with van der Waals surface area (Å²) in [6.45, 7) is 2.84. The molecule has 1 fully saturated rings. The first-order valence-electron chi connectivity index (χ1n) is 10.0. The number of fused-ring (bicyclic) bond motifs is 1. The SMILES string of the molecule is Cc1ccc(OC[C@@H](O)Cn2c(C3CCCCC3)nc3ccccc32)cc1. The van der Waals surface area contributed by atoms with Gasteiger partial charge in [-0.1, -0.05) is 49.1 Å². The third kappa shape index (κ3) is 4.16. The summed E-state index contributed by atoms with van der Waals surface area (Å²) in [4.78, 5) is 4.93. The van der Waals surface area contributed by atoms with Gasteiger partial charge in [0.15, 0.2) is 0 Å². The van der Waals surface area contributed by atoms with Crippen LogP contribution in [0.3, 0.4) is 0 Å². The zero-order chi connectivity index (χ0) is 18.6. The van der Waals surface area contributed by atoms with Crippen LogP contribution in [0, 0.1) is 6.92 Å². The number of aliphatic hydroxyl groups excluding tert-OH is 1. The van der Waals surface area contributed by atoms with Crippen molar-refractivity contribution in [1.82, 2.24) is 9.55 Å². The molecule has 1 N–H and O–H groups in total. The van der Waals surface area contributed by atoms with Crippen LogP contribution in [0.25, 0.3) is 11.0 Å². The van der Waals surface area contributed by atoms with E-state index < -0.39 is 6.10 Å². The lowest BCUT2D eigenvalue weighted by Gasteiger charge is -2.23. The number of nitrogens with zero attached hydrogens (tertiary/aromatic N) is 2. The van der Waals surface area contributed by atoms with Crippen molar-refractivity contribution in [3.05, 3.63) is 59.9 Å². The van der Waals surface area contributed by atoms with E-state index in [4.69, 9.17) is 9.72 Å². The van der Waals surface area contributed by atoms with Crippen LogP contribution in [0.2, 0.25) is 0 Å². The normalized spacial score (nSPS) is 16.5. The molecule has 27 heavy (non-hydrogen) atoms. The van der Waals surface area contributed by atoms with Gasteiger partial charge in [0.25, 0.3) is 0 Å². The molecule has 0 aliphatic heterocycles. The number of para-hydroxylation sites is 2. The smallest absolute Gasteiger partial charge is 0.119 e. The van der Waals surface area contributed by atoms with Gasteiger partial charge in [-0.05, 0) is 44.0 Å². The Bertz CT molecular complexity index is 879. The van der Waals surface area contributed by atoms with Crippen molar-refractivity contribution in [2.45, 2.75) is 57.6 Å². The van der Waals surface area contributed by atoms with Gasteiger partial charge in [0, 0.05) is 5.92 Å². The van der Waals surface area contributed by atoms with E-state index in [-0.39, 0.29) is 6.61 Å². The molecule has 1 saturated carbocycles. The van der Waals surface area contributed by atoms with E-state index in [1.165, 1.54) is 37.7 Å². The second kappa shape index (κ2) is 8.13. The third-order valence-corrected chi connectivity index (χ3v) is 5.51. The quantitative estimate of drug-likeness (QED) is 0.681. The third-order valence-electron chi connectivity index (χ3n) is 5.51. The van der Waals surface area contributed by atoms with Gasteiger partial charge in [0.05, 0.1) is 17.6 Å². The fraction of sp³-hybridized carbons (Fsp3) is 0.435. The summed E-state index contributed by atoms with van der Waals surface area (Å²) < 4.78 is 8.00. The maximum absolute atomic E-state index is 10.6. The first-order chi connectivity index (χ1) is 13.2. The number of aryl methyl sites for hydroxylation is 1. The monoisotopic (exact) mass is 364 g/mol. The number of aliphatic hydroxyl groups is 1. The number of rotatable bonds is 6. The lowest BCUT2D eigenvalue weighted by molar-refractivity contribution is 0.0922. The molecule has 1 heterocycles. The van der Waals surface area contributed by atoms with E-state index in [2.05, 4.69) is 23.6 Å². The molecule has 2 aromatic carbocycles. The molecular formula is C23H28N2O2. The number of benzene rings is 2. The molecule has 0 bridgehead atoms. The molecule has 4 nitrogen and oxygen atoms in total. The van der Waals surface area contributed by atoms with E-state index >= 15 is 0 Å². The predicted molar refractivity (Wildman–Crippen MR) is 108 cm³/mol. The minimum atomic E-state index is -0.578. The highest BCUT2D eigenvalue weighted by Crippen LogP contribution is 2.34. The topological polar surface area (TPSA) is 47.3 Å². The van der Waals surface area contributed by atoms with E-state index in [1.807, 2.05) is 36.4 Å². The van der Waals surface area contributed by atoms with Crippen LogP contribution in [0.4, 0.5) is 0 Å². The first-order valence-corrected chi connectivity index (χ1v) is 10.0. The summed E-state index contributed by atoms with van der Waals surface area (Å²) in [5.74, 6) is 2.42. The minimum Gasteiger partial charge on any atom is -0.491 e. The maximum atomic E-state index is 10.6. The maximum Gasteiger partial charge on any atom is 0.119 e. The molecule has 142 valence electrons. The lowest BCUT2D eigenvalue weighted by Crippen LogP contribution is -2.25. The standard InChI is InChI=1S/C23H28N2O2/c1-17-11-13-20(14-12-17)27-16-19(26)15-25-22-10-6-5-9-21(22)24-23(25)18-7-3-2-4-8-18/h5-6,9-14,18-19,26H,2-4,7-8,15-16H2,1H3/t19-/m0/s1. The molecule has 1 aliphatic rings. The summed E-state index contributed by atoms with van der Waals surface area (Å²) in [6.07, 6.45) is 5.67. The molecule has 0 unspecified atom stereocenters. The van der Waals surface area contributed by atoms with Gasteiger partial charge in [-0.3, -0.25) is 0 Å². The number of hydrogen-bond acceptors (Lipinski definition) is 3. The van der Waals surface area contributed by atoms with Crippen LogP contribution in [0.5, 0.6) is 5.75 Å². The molecule has 0 amide bonds. The van der Waals surface area contributed by atoms with Gasteiger partial charge < -0.3 is 14.4 Å². The van der Waals surface area contributed by atoms with Crippen molar-refractivity contribution in [3.8, 4) is 5.75 Å². The molecular weight excluding hydrogens is 336 g/mol. The van der Waals surface area contributed by atoms with Crippen molar-refractivity contribution in [3.63, 3.8) is 0 Å². The lowest BCUT2D eigenvalue weighted by atomic mass is 9.88. The fourth-order valence-corrected chi connectivity index (χ4v) is 4.05. The Kier molecular flexibility index (Phi) is 5.44. The Balaban J connectivity index is 1.51. The molecule has 4 heteroatoms. The highest BCUT2D eigenvalue weighted by Gasteiger charge is 2.23.